The number of nitrogens with zero attached hydrogens (tertiary/aromatic N) is 4. The summed E-state index contributed by atoms with van der Waals surface area (Å²) in [6.45, 7) is 5.15. The molecule has 0 unspecified atom stereocenters. The predicted octanol–water partition coefficient (Wildman–Crippen LogP) is 3.33. The number of para-hydroxylation sites is 1. The number of benzene rings is 2. The summed E-state index contributed by atoms with van der Waals surface area (Å²) in [5.41, 5.74) is 1.24. The Balaban J connectivity index is 1.93. The van der Waals surface area contributed by atoms with E-state index in [2.05, 4.69) is 16.7 Å². The molecule has 10 heteroatoms. The van der Waals surface area contributed by atoms with Gasteiger partial charge in [-0.1, -0.05) is 47.1 Å². The molecule has 0 saturated carbocycles. The molecule has 0 aliphatic carbocycles. The molecule has 0 saturated heterocycles. The summed E-state index contributed by atoms with van der Waals surface area (Å²) in [5, 5.41) is 15.2. The third-order valence-electron chi connectivity index (χ3n) is 4.07. The van der Waals surface area contributed by atoms with Gasteiger partial charge in [0, 0.05) is 18.2 Å². The Hall–Kier alpha value is -3.37. The third-order valence-corrected chi connectivity index (χ3v) is 5.93. The van der Waals surface area contributed by atoms with Crippen LogP contribution in [0.2, 0.25) is 0 Å². The van der Waals surface area contributed by atoms with Crippen molar-refractivity contribution in [1.29, 1.82) is 0 Å². The predicted molar refractivity (Wildman–Crippen MR) is 105 cm³/mol. The Labute approximate surface area is 167 Å². The van der Waals surface area contributed by atoms with Gasteiger partial charge in [0.05, 0.1) is 11.5 Å². The van der Waals surface area contributed by atoms with Crippen LogP contribution in [-0.2, 0) is 16.6 Å². The van der Waals surface area contributed by atoms with Crippen LogP contribution in [-0.4, -0.2) is 34.3 Å². The molecule has 0 radical (unpaired) electrons. The SMILES string of the molecule is C=CCN(Cc1nc(-c2cccc(C)c2)no1)S(=O)(=O)c1ccccc1[N+](=O)[O-]. The number of rotatable bonds is 8. The van der Waals surface area contributed by atoms with E-state index in [9.17, 15) is 18.5 Å². The van der Waals surface area contributed by atoms with Crippen LogP contribution in [0.25, 0.3) is 11.4 Å². The lowest BCUT2D eigenvalue weighted by atomic mass is 10.1. The lowest BCUT2D eigenvalue weighted by molar-refractivity contribution is -0.387. The zero-order chi connectivity index (χ0) is 21.0. The molecule has 2 aromatic carbocycles. The fraction of sp³-hybridized carbons (Fsp3) is 0.158. The fourth-order valence-electron chi connectivity index (χ4n) is 2.73. The van der Waals surface area contributed by atoms with Gasteiger partial charge >= 0.3 is 0 Å². The van der Waals surface area contributed by atoms with Gasteiger partial charge in [-0.25, -0.2) is 8.42 Å². The first-order valence-corrected chi connectivity index (χ1v) is 10.0. The maximum atomic E-state index is 13.1. The van der Waals surface area contributed by atoms with E-state index < -0.39 is 25.5 Å². The fourth-order valence-corrected chi connectivity index (χ4v) is 4.25. The molecule has 3 aromatic rings. The summed E-state index contributed by atoms with van der Waals surface area (Å²) < 4.78 is 32.3. The monoisotopic (exact) mass is 414 g/mol. The number of hydrogen-bond donors (Lipinski definition) is 0. The van der Waals surface area contributed by atoms with E-state index in [1.807, 2.05) is 31.2 Å². The van der Waals surface area contributed by atoms with E-state index in [4.69, 9.17) is 4.52 Å². The second-order valence-electron chi connectivity index (χ2n) is 6.19. The summed E-state index contributed by atoms with van der Waals surface area (Å²) in [5.74, 6) is 0.385. The number of aryl methyl sites for hydroxylation is 1. The van der Waals surface area contributed by atoms with E-state index in [0.29, 0.717) is 5.82 Å². The summed E-state index contributed by atoms with van der Waals surface area (Å²) in [4.78, 5) is 14.4. The number of sulfonamides is 1. The highest BCUT2D eigenvalue weighted by molar-refractivity contribution is 7.89. The molecular formula is C19H18N4O5S. The summed E-state index contributed by atoms with van der Waals surface area (Å²) in [6, 6.07) is 12.6. The van der Waals surface area contributed by atoms with Crippen molar-refractivity contribution < 1.29 is 17.9 Å². The highest BCUT2D eigenvalue weighted by Crippen LogP contribution is 2.27. The van der Waals surface area contributed by atoms with Gasteiger partial charge in [-0.3, -0.25) is 10.1 Å². The molecule has 0 N–H and O–H groups in total. The maximum Gasteiger partial charge on any atom is 0.289 e. The highest BCUT2D eigenvalue weighted by Gasteiger charge is 2.32. The topological polar surface area (TPSA) is 119 Å². The largest absolute Gasteiger partial charge is 0.338 e. The zero-order valence-corrected chi connectivity index (χ0v) is 16.4. The van der Waals surface area contributed by atoms with Crippen molar-refractivity contribution in [3.8, 4) is 11.4 Å². The molecule has 9 nitrogen and oxygen atoms in total. The Morgan fingerprint density at radius 2 is 2.00 bits per heavy atom. The van der Waals surface area contributed by atoms with Crippen molar-refractivity contribution in [3.63, 3.8) is 0 Å². The molecule has 1 aromatic heterocycles. The van der Waals surface area contributed by atoms with Crippen LogP contribution in [0.4, 0.5) is 5.69 Å². The molecule has 0 aliphatic heterocycles. The van der Waals surface area contributed by atoms with Crippen molar-refractivity contribution in [2.45, 2.75) is 18.4 Å². The lowest BCUT2D eigenvalue weighted by Crippen LogP contribution is -2.31. The summed E-state index contributed by atoms with van der Waals surface area (Å²) in [7, 11) is -4.21. The van der Waals surface area contributed by atoms with Crippen LogP contribution in [0.3, 0.4) is 0 Å². The standard InChI is InChI=1S/C19H18N4O5S/c1-3-11-22(29(26,27)17-10-5-4-9-16(17)23(24)25)13-18-20-19(21-28-18)15-8-6-7-14(2)12-15/h3-10,12H,1,11,13H2,2H3. The molecule has 0 fully saturated rings. The van der Waals surface area contributed by atoms with Crippen LogP contribution in [0.15, 0.2) is 70.6 Å². The molecule has 150 valence electrons. The highest BCUT2D eigenvalue weighted by atomic mass is 32.2. The van der Waals surface area contributed by atoms with Gasteiger partial charge in [0.2, 0.25) is 11.7 Å². The van der Waals surface area contributed by atoms with Crippen LogP contribution in [0, 0.1) is 17.0 Å². The number of nitro benzene ring substituents is 1. The molecule has 0 amide bonds. The van der Waals surface area contributed by atoms with E-state index >= 15 is 0 Å². The molecule has 0 aliphatic rings. The van der Waals surface area contributed by atoms with Gasteiger partial charge < -0.3 is 4.52 Å². The van der Waals surface area contributed by atoms with Crippen molar-refractivity contribution in [2.75, 3.05) is 6.54 Å². The smallest absolute Gasteiger partial charge is 0.289 e. The van der Waals surface area contributed by atoms with Gasteiger partial charge in [-0.05, 0) is 19.1 Å². The average Bonchev–Trinajstić information content (AvgIpc) is 3.16. The first kappa shape index (κ1) is 20.4. The number of aromatic nitrogens is 2. The Bertz CT molecular complexity index is 1160. The summed E-state index contributed by atoms with van der Waals surface area (Å²) >= 11 is 0. The normalized spacial score (nSPS) is 11.5. The van der Waals surface area contributed by atoms with Gasteiger partial charge in [0.1, 0.15) is 0 Å². The first-order chi connectivity index (χ1) is 13.8. The first-order valence-electron chi connectivity index (χ1n) is 8.57. The van der Waals surface area contributed by atoms with Gasteiger partial charge in [0.25, 0.3) is 15.7 Å². The average molecular weight is 414 g/mol. The second-order valence-corrected chi connectivity index (χ2v) is 8.10. The van der Waals surface area contributed by atoms with Gasteiger partial charge in [0.15, 0.2) is 4.90 Å². The van der Waals surface area contributed by atoms with Crippen LogP contribution in [0.1, 0.15) is 11.5 Å². The van der Waals surface area contributed by atoms with Crippen LogP contribution in [0.5, 0.6) is 0 Å². The molecule has 0 atom stereocenters. The molecule has 3 rings (SSSR count). The van der Waals surface area contributed by atoms with Gasteiger partial charge in [-0.2, -0.15) is 9.29 Å². The molecule has 1 heterocycles. The van der Waals surface area contributed by atoms with E-state index in [1.54, 1.807) is 0 Å². The molecule has 29 heavy (non-hydrogen) atoms. The van der Waals surface area contributed by atoms with E-state index in [-0.39, 0.29) is 19.0 Å². The van der Waals surface area contributed by atoms with Crippen LogP contribution >= 0.6 is 0 Å². The van der Waals surface area contributed by atoms with Crippen molar-refractivity contribution in [2.24, 2.45) is 0 Å². The van der Waals surface area contributed by atoms with Crippen molar-refractivity contribution in [3.05, 3.63) is 82.8 Å². The van der Waals surface area contributed by atoms with Crippen molar-refractivity contribution >= 4 is 15.7 Å². The molecule has 0 spiro atoms. The molecule has 0 bridgehead atoms. The Morgan fingerprint density at radius 1 is 1.24 bits per heavy atom. The van der Waals surface area contributed by atoms with E-state index in [0.717, 1.165) is 21.5 Å². The number of nitro groups is 1. The summed E-state index contributed by atoms with van der Waals surface area (Å²) in [6.07, 6.45) is 1.38. The Kier molecular flexibility index (Phi) is 5.85. The molecular weight excluding hydrogens is 396 g/mol. The van der Waals surface area contributed by atoms with Gasteiger partial charge in [-0.15, -0.1) is 6.58 Å². The minimum atomic E-state index is -4.21. The quantitative estimate of drug-likeness (QED) is 0.315. The number of hydrogen-bond acceptors (Lipinski definition) is 7. The van der Waals surface area contributed by atoms with Crippen molar-refractivity contribution in [1.82, 2.24) is 14.4 Å². The minimum Gasteiger partial charge on any atom is -0.338 e. The van der Waals surface area contributed by atoms with E-state index in [1.165, 1.54) is 24.3 Å². The van der Waals surface area contributed by atoms with Crippen LogP contribution < -0.4 is 0 Å². The Morgan fingerprint density at radius 3 is 2.69 bits per heavy atom. The lowest BCUT2D eigenvalue weighted by Gasteiger charge is -2.18. The minimum absolute atomic E-state index is 0.0607. The maximum absolute atomic E-state index is 13.1. The third kappa shape index (κ3) is 4.39. The zero-order valence-electron chi connectivity index (χ0n) is 15.6. The second kappa shape index (κ2) is 8.33.